The van der Waals surface area contributed by atoms with E-state index in [2.05, 4.69) is 39.8 Å². The number of aryl methyl sites for hydroxylation is 1. The molecule has 206 valence electrons. The van der Waals surface area contributed by atoms with E-state index in [0.717, 1.165) is 50.1 Å². The first-order chi connectivity index (χ1) is 19.5. The Hall–Kier alpha value is -3.88. The number of nitro groups is 1. The average molecular weight is 538 g/mol. The van der Waals surface area contributed by atoms with Gasteiger partial charge in [0, 0.05) is 29.9 Å². The molecule has 0 spiro atoms. The number of non-ortho nitro benzene ring substituents is 1. The number of hydrogen-bond acceptors (Lipinski definition) is 6. The van der Waals surface area contributed by atoms with E-state index in [0.29, 0.717) is 17.0 Å². The maximum atomic E-state index is 13.3. The molecule has 2 N–H and O–H groups in total. The third-order valence-electron chi connectivity index (χ3n) is 8.31. The molecule has 0 radical (unpaired) electrons. The largest absolute Gasteiger partial charge is 0.325 e. The highest BCUT2D eigenvalue weighted by Crippen LogP contribution is 2.38. The van der Waals surface area contributed by atoms with E-state index in [1.165, 1.54) is 61.2 Å². The van der Waals surface area contributed by atoms with Crippen molar-refractivity contribution < 1.29 is 9.72 Å². The summed E-state index contributed by atoms with van der Waals surface area (Å²) in [6.07, 6.45) is 7.01. The lowest BCUT2D eigenvalue weighted by Crippen LogP contribution is -2.30. The van der Waals surface area contributed by atoms with Crippen LogP contribution in [0.3, 0.4) is 0 Å². The normalized spacial score (nSPS) is 19.1. The van der Waals surface area contributed by atoms with Crippen molar-refractivity contribution in [2.75, 3.05) is 31.5 Å². The van der Waals surface area contributed by atoms with Gasteiger partial charge in [-0.15, -0.1) is 0 Å². The second kappa shape index (κ2) is 11.7. The lowest BCUT2D eigenvalue weighted by molar-refractivity contribution is -0.384. The molecule has 3 aliphatic rings. The SMILES string of the molecule is O=C1Nc2ccc([N+](=O)[O-])cc2C1C(=Nc1ccc2c(c1)CCNC2)c1ccc(CCCN2CCCCC2)cc1. The summed E-state index contributed by atoms with van der Waals surface area (Å²) in [4.78, 5) is 32.1. The average Bonchev–Trinajstić information content (AvgIpc) is 3.31. The lowest BCUT2D eigenvalue weighted by atomic mass is 9.89. The van der Waals surface area contributed by atoms with Crippen molar-refractivity contribution in [3.63, 3.8) is 0 Å². The Morgan fingerprint density at radius 1 is 1.00 bits per heavy atom. The smallest absolute Gasteiger partial charge is 0.269 e. The fourth-order valence-electron chi connectivity index (χ4n) is 6.13. The van der Waals surface area contributed by atoms with Crippen molar-refractivity contribution >= 4 is 28.7 Å². The number of nitrogens with zero attached hydrogens (tertiary/aromatic N) is 3. The molecule has 0 aromatic heterocycles. The fraction of sp³-hybridized carbons (Fsp3) is 0.375. The van der Waals surface area contributed by atoms with Gasteiger partial charge in [0.1, 0.15) is 5.92 Å². The van der Waals surface area contributed by atoms with E-state index < -0.39 is 10.8 Å². The number of likely N-dealkylation sites (tertiary alicyclic amines) is 1. The Morgan fingerprint density at radius 2 is 1.82 bits per heavy atom. The van der Waals surface area contributed by atoms with Crippen LogP contribution in [0, 0.1) is 10.1 Å². The molecule has 1 atom stereocenters. The van der Waals surface area contributed by atoms with Gasteiger partial charge in [0.2, 0.25) is 5.91 Å². The number of rotatable bonds is 8. The molecule has 1 amide bonds. The molecule has 0 bridgehead atoms. The number of benzene rings is 3. The molecular formula is C32H35N5O3. The topological polar surface area (TPSA) is 99.9 Å². The molecule has 0 saturated carbocycles. The predicted molar refractivity (Wildman–Crippen MR) is 158 cm³/mol. The first-order valence-electron chi connectivity index (χ1n) is 14.4. The van der Waals surface area contributed by atoms with Crippen molar-refractivity contribution in [2.24, 2.45) is 4.99 Å². The molecule has 3 heterocycles. The van der Waals surface area contributed by atoms with Gasteiger partial charge >= 0.3 is 0 Å². The van der Waals surface area contributed by atoms with Crippen LogP contribution in [0.5, 0.6) is 0 Å². The Morgan fingerprint density at radius 3 is 2.62 bits per heavy atom. The van der Waals surface area contributed by atoms with Crippen molar-refractivity contribution in [2.45, 2.75) is 51.0 Å². The van der Waals surface area contributed by atoms with Crippen LogP contribution in [0.1, 0.15) is 59.4 Å². The first kappa shape index (κ1) is 26.3. The minimum absolute atomic E-state index is 0.0371. The zero-order valence-corrected chi connectivity index (χ0v) is 22.7. The van der Waals surface area contributed by atoms with E-state index in [4.69, 9.17) is 4.99 Å². The molecule has 1 fully saturated rings. The Balaban J connectivity index is 1.32. The molecule has 0 aliphatic carbocycles. The second-order valence-electron chi connectivity index (χ2n) is 11.0. The molecule has 1 saturated heterocycles. The van der Waals surface area contributed by atoms with Gasteiger partial charge in [-0.05, 0) is 98.7 Å². The van der Waals surface area contributed by atoms with Crippen molar-refractivity contribution in [1.29, 1.82) is 0 Å². The standard InChI is InChI=1S/C32H35N5O3/c38-32-30(28-20-27(37(39)40)12-13-29(28)35-32)31(34-26-11-10-25-21-33-15-14-24(25)19-26)23-8-6-22(7-9-23)5-4-18-36-16-2-1-3-17-36/h6-13,19-20,30,33H,1-5,14-18,21H2,(H,35,38). The summed E-state index contributed by atoms with van der Waals surface area (Å²) in [5.41, 5.74) is 7.16. The molecule has 6 rings (SSSR count). The summed E-state index contributed by atoms with van der Waals surface area (Å²) >= 11 is 0. The maximum Gasteiger partial charge on any atom is 0.269 e. The van der Waals surface area contributed by atoms with Crippen molar-refractivity contribution in [3.05, 3.63) is 98.6 Å². The number of nitrogens with one attached hydrogen (secondary N) is 2. The van der Waals surface area contributed by atoms with Gasteiger partial charge in [0.05, 0.1) is 16.3 Å². The van der Waals surface area contributed by atoms with Crippen LogP contribution in [-0.4, -0.2) is 47.6 Å². The first-order valence-corrected chi connectivity index (χ1v) is 14.4. The molecular weight excluding hydrogens is 502 g/mol. The van der Waals surface area contributed by atoms with Crippen LogP contribution in [0.2, 0.25) is 0 Å². The van der Waals surface area contributed by atoms with Crippen LogP contribution in [0.25, 0.3) is 0 Å². The van der Waals surface area contributed by atoms with Crippen molar-refractivity contribution in [1.82, 2.24) is 10.2 Å². The number of anilines is 1. The molecule has 3 aromatic rings. The monoisotopic (exact) mass is 537 g/mol. The van der Waals surface area contributed by atoms with Gasteiger partial charge in [-0.25, -0.2) is 0 Å². The van der Waals surface area contributed by atoms with Gasteiger partial charge in [-0.2, -0.15) is 0 Å². The van der Waals surface area contributed by atoms with E-state index in [1.54, 1.807) is 6.07 Å². The maximum absolute atomic E-state index is 13.3. The molecule has 3 aromatic carbocycles. The van der Waals surface area contributed by atoms with Crippen LogP contribution in [-0.2, 0) is 24.2 Å². The summed E-state index contributed by atoms with van der Waals surface area (Å²) in [7, 11) is 0. The second-order valence-corrected chi connectivity index (χ2v) is 11.0. The fourth-order valence-corrected chi connectivity index (χ4v) is 6.13. The van der Waals surface area contributed by atoms with Crippen LogP contribution >= 0.6 is 0 Å². The number of carbonyl (C=O) groups excluding carboxylic acids is 1. The minimum Gasteiger partial charge on any atom is -0.325 e. The van der Waals surface area contributed by atoms with Gasteiger partial charge in [-0.1, -0.05) is 36.8 Å². The molecule has 8 nitrogen and oxygen atoms in total. The Bertz CT molecular complexity index is 1440. The molecule has 40 heavy (non-hydrogen) atoms. The molecule has 1 unspecified atom stereocenters. The quantitative estimate of drug-likeness (QED) is 0.224. The number of aliphatic imine (C=N–C) groups is 1. The number of nitro benzene ring substituents is 1. The Labute approximate surface area is 234 Å². The van der Waals surface area contributed by atoms with Crippen LogP contribution < -0.4 is 10.6 Å². The summed E-state index contributed by atoms with van der Waals surface area (Å²) in [5, 5.41) is 17.9. The van der Waals surface area contributed by atoms with Crippen LogP contribution in [0.15, 0.2) is 65.7 Å². The zero-order valence-electron chi connectivity index (χ0n) is 22.7. The predicted octanol–water partition coefficient (Wildman–Crippen LogP) is 5.52. The number of fused-ring (bicyclic) bond motifs is 2. The van der Waals surface area contributed by atoms with Crippen LogP contribution in [0.4, 0.5) is 17.1 Å². The summed E-state index contributed by atoms with van der Waals surface area (Å²) < 4.78 is 0. The number of hydrogen-bond donors (Lipinski definition) is 2. The van der Waals surface area contributed by atoms with Crippen molar-refractivity contribution in [3.8, 4) is 0 Å². The van der Waals surface area contributed by atoms with E-state index in [1.807, 2.05) is 18.2 Å². The highest BCUT2D eigenvalue weighted by Gasteiger charge is 2.36. The number of carbonyl (C=O) groups is 1. The van der Waals surface area contributed by atoms with Gasteiger partial charge in [0.25, 0.3) is 5.69 Å². The highest BCUT2D eigenvalue weighted by atomic mass is 16.6. The minimum atomic E-state index is -0.738. The summed E-state index contributed by atoms with van der Waals surface area (Å²) in [6, 6.07) is 19.1. The Kier molecular flexibility index (Phi) is 7.71. The summed E-state index contributed by atoms with van der Waals surface area (Å²) in [5.74, 6) is -0.959. The summed E-state index contributed by atoms with van der Waals surface area (Å²) in [6.45, 7) is 5.31. The number of piperidine rings is 1. The number of amides is 1. The van der Waals surface area contributed by atoms with Gasteiger partial charge in [0.15, 0.2) is 0 Å². The van der Waals surface area contributed by atoms with E-state index in [9.17, 15) is 14.9 Å². The molecule has 3 aliphatic heterocycles. The van der Waals surface area contributed by atoms with Gasteiger partial charge < -0.3 is 15.5 Å². The zero-order chi connectivity index (χ0) is 27.5. The molecule has 8 heteroatoms. The third kappa shape index (κ3) is 5.69. The highest BCUT2D eigenvalue weighted by molar-refractivity contribution is 6.24. The lowest BCUT2D eigenvalue weighted by Gasteiger charge is -2.26. The van der Waals surface area contributed by atoms with E-state index in [-0.39, 0.29) is 11.6 Å². The third-order valence-corrected chi connectivity index (χ3v) is 8.31. The van der Waals surface area contributed by atoms with E-state index >= 15 is 0 Å². The van der Waals surface area contributed by atoms with Gasteiger partial charge in [-0.3, -0.25) is 19.9 Å².